The molecule has 0 aromatic carbocycles. The average Bonchev–Trinajstić information content (AvgIpc) is 1.89. The molecule has 54 valence electrons. The molecule has 1 aliphatic heterocycles. The normalized spacial score (nSPS) is 36.7. The molecule has 0 unspecified atom stereocenters. The Morgan fingerprint density at radius 1 is 1.67 bits per heavy atom. The zero-order chi connectivity index (χ0) is 6.69. The van der Waals surface area contributed by atoms with E-state index in [1.165, 1.54) is 0 Å². The van der Waals surface area contributed by atoms with Crippen molar-refractivity contribution in [3.63, 3.8) is 0 Å². The summed E-state index contributed by atoms with van der Waals surface area (Å²) in [5.74, 6) is 0.388. The first kappa shape index (κ1) is 7.03. The Bertz CT molecular complexity index is 83.0. The zero-order valence-electron chi connectivity index (χ0n) is 5.84. The van der Waals surface area contributed by atoms with Gasteiger partial charge in [0, 0.05) is 12.5 Å². The lowest BCUT2D eigenvalue weighted by Gasteiger charge is -2.26. The fraction of sp³-hybridized carbons (Fsp3) is 1.00. The summed E-state index contributed by atoms with van der Waals surface area (Å²) in [5.41, 5.74) is 0. The van der Waals surface area contributed by atoms with E-state index in [9.17, 15) is 0 Å². The SMILES string of the molecule is CC[C@@H]1CCCO[C@H]1O. The van der Waals surface area contributed by atoms with Crippen molar-refractivity contribution < 1.29 is 9.84 Å². The molecule has 0 saturated carbocycles. The van der Waals surface area contributed by atoms with Gasteiger partial charge in [0.25, 0.3) is 0 Å². The Kier molecular flexibility index (Phi) is 2.49. The van der Waals surface area contributed by atoms with Crippen molar-refractivity contribution in [1.29, 1.82) is 0 Å². The van der Waals surface area contributed by atoms with Crippen LogP contribution in [0.1, 0.15) is 26.2 Å². The first-order chi connectivity index (χ1) is 4.34. The number of ether oxygens (including phenoxy) is 1. The summed E-state index contributed by atoms with van der Waals surface area (Å²) < 4.78 is 5.04. The zero-order valence-corrected chi connectivity index (χ0v) is 5.84. The van der Waals surface area contributed by atoms with Crippen LogP contribution in [0, 0.1) is 5.92 Å². The van der Waals surface area contributed by atoms with Crippen LogP contribution >= 0.6 is 0 Å². The van der Waals surface area contributed by atoms with Crippen LogP contribution in [0.15, 0.2) is 0 Å². The van der Waals surface area contributed by atoms with Crippen LogP contribution in [0.25, 0.3) is 0 Å². The Hall–Kier alpha value is -0.0800. The molecule has 0 radical (unpaired) electrons. The Morgan fingerprint density at radius 2 is 2.44 bits per heavy atom. The predicted molar refractivity (Wildman–Crippen MR) is 35.0 cm³/mol. The molecule has 0 aromatic heterocycles. The summed E-state index contributed by atoms with van der Waals surface area (Å²) in [5, 5.41) is 9.15. The number of aliphatic hydroxyl groups is 1. The lowest BCUT2D eigenvalue weighted by molar-refractivity contribution is -0.158. The molecular formula is C7H14O2. The van der Waals surface area contributed by atoms with Crippen molar-refractivity contribution in [3.05, 3.63) is 0 Å². The van der Waals surface area contributed by atoms with Crippen LogP contribution in [0.4, 0.5) is 0 Å². The van der Waals surface area contributed by atoms with Crippen molar-refractivity contribution in [3.8, 4) is 0 Å². The summed E-state index contributed by atoms with van der Waals surface area (Å²) in [6, 6.07) is 0. The van der Waals surface area contributed by atoms with E-state index in [1.807, 2.05) is 0 Å². The fourth-order valence-corrected chi connectivity index (χ4v) is 1.23. The smallest absolute Gasteiger partial charge is 0.157 e. The predicted octanol–water partition coefficient (Wildman–Crippen LogP) is 1.14. The molecule has 0 aliphatic carbocycles. The Balaban J connectivity index is 2.30. The van der Waals surface area contributed by atoms with E-state index in [2.05, 4.69) is 6.92 Å². The van der Waals surface area contributed by atoms with Gasteiger partial charge < -0.3 is 9.84 Å². The van der Waals surface area contributed by atoms with Crippen LogP contribution in [-0.2, 0) is 4.74 Å². The fourth-order valence-electron chi connectivity index (χ4n) is 1.23. The third-order valence-corrected chi connectivity index (χ3v) is 1.94. The van der Waals surface area contributed by atoms with Crippen molar-refractivity contribution in [2.45, 2.75) is 32.5 Å². The van der Waals surface area contributed by atoms with Gasteiger partial charge >= 0.3 is 0 Å². The second-order valence-electron chi connectivity index (χ2n) is 2.57. The molecule has 2 nitrogen and oxygen atoms in total. The van der Waals surface area contributed by atoms with Crippen LogP contribution in [-0.4, -0.2) is 18.0 Å². The van der Waals surface area contributed by atoms with Gasteiger partial charge in [0.05, 0.1) is 0 Å². The van der Waals surface area contributed by atoms with E-state index in [0.717, 1.165) is 25.9 Å². The molecule has 0 aromatic rings. The minimum Gasteiger partial charge on any atom is -0.368 e. The van der Waals surface area contributed by atoms with Crippen molar-refractivity contribution in [2.75, 3.05) is 6.61 Å². The lowest BCUT2D eigenvalue weighted by atomic mass is 9.98. The van der Waals surface area contributed by atoms with Crippen LogP contribution in [0.5, 0.6) is 0 Å². The van der Waals surface area contributed by atoms with Crippen LogP contribution < -0.4 is 0 Å². The Morgan fingerprint density at radius 3 is 2.89 bits per heavy atom. The molecule has 1 N–H and O–H groups in total. The highest BCUT2D eigenvalue weighted by Gasteiger charge is 2.21. The van der Waals surface area contributed by atoms with Gasteiger partial charge in [0.2, 0.25) is 0 Å². The van der Waals surface area contributed by atoms with Crippen LogP contribution in [0.2, 0.25) is 0 Å². The van der Waals surface area contributed by atoms with E-state index < -0.39 is 6.29 Å². The number of rotatable bonds is 1. The average molecular weight is 130 g/mol. The monoisotopic (exact) mass is 130 g/mol. The van der Waals surface area contributed by atoms with E-state index in [4.69, 9.17) is 9.84 Å². The summed E-state index contributed by atoms with van der Waals surface area (Å²) in [7, 11) is 0. The molecule has 1 heterocycles. The van der Waals surface area contributed by atoms with Crippen LogP contribution in [0.3, 0.4) is 0 Å². The maximum absolute atomic E-state index is 9.15. The molecule has 1 rings (SSSR count). The molecule has 2 atom stereocenters. The maximum atomic E-state index is 9.15. The quantitative estimate of drug-likeness (QED) is 0.576. The number of hydrogen-bond donors (Lipinski definition) is 1. The first-order valence-corrected chi connectivity index (χ1v) is 3.64. The minimum absolute atomic E-state index is 0.388. The summed E-state index contributed by atoms with van der Waals surface area (Å²) in [6.45, 7) is 2.82. The molecule has 2 heteroatoms. The lowest BCUT2D eigenvalue weighted by Crippen LogP contribution is -2.28. The molecule has 1 aliphatic rings. The summed E-state index contributed by atoms with van der Waals surface area (Å²) >= 11 is 0. The highest BCUT2D eigenvalue weighted by atomic mass is 16.6. The standard InChI is InChI=1S/C7H14O2/c1-2-6-4-3-5-9-7(6)8/h6-8H,2-5H2,1H3/t6-,7-/m1/s1. The van der Waals surface area contributed by atoms with E-state index in [-0.39, 0.29) is 0 Å². The van der Waals surface area contributed by atoms with E-state index in [1.54, 1.807) is 0 Å². The van der Waals surface area contributed by atoms with Gasteiger partial charge in [0.15, 0.2) is 6.29 Å². The van der Waals surface area contributed by atoms with Gasteiger partial charge in [-0.15, -0.1) is 0 Å². The maximum Gasteiger partial charge on any atom is 0.157 e. The van der Waals surface area contributed by atoms with Gasteiger partial charge in [0.1, 0.15) is 0 Å². The molecule has 1 fully saturated rings. The van der Waals surface area contributed by atoms with Gasteiger partial charge in [-0.25, -0.2) is 0 Å². The van der Waals surface area contributed by atoms with Crippen molar-refractivity contribution in [2.24, 2.45) is 5.92 Å². The molecule has 0 spiro atoms. The van der Waals surface area contributed by atoms with Gasteiger partial charge in [-0.2, -0.15) is 0 Å². The highest BCUT2D eigenvalue weighted by molar-refractivity contribution is 4.64. The molecule has 1 saturated heterocycles. The van der Waals surface area contributed by atoms with Crippen molar-refractivity contribution >= 4 is 0 Å². The highest BCUT2D eigenvalue weighted by Crippen LogP contribution is 2.21. The molecule has 9 heavy (non-hydrogen) atoms. The second kappa shape index (κ2) is 3.18. The van der Waals surface area contributed by atoms with Gasteiger partial charge in [-0.05, 0) is 19.3 Å². The van der Waals surface area contributed by atoms with Crippen molar-refractivity contribution in [1.82, 2.24) is 0 Å². The topological polar surface area (TPSA) is 29.5 Å². The molecule has 0 bridgehead atoms. The minimum atomic E-state index is -0.483. The van der Waals surface area contributed by atoms with Gasteiger partial charge in [-0.3, -0.25) is 0 Å². The Labute approximate surface area is 55.8 Å². The first-order valence-electron chi connectivity index (χ1n) is 3.64. The largest absolute Gasteiger partial charge is 0.368 e. The van der Waals surface area contributed by atoms with E-state index >= 15 is 0 Å². The summed E-state index contributed by atoms with van der Waals surface area (Å²) in [4.78, 5) is 0. The van der Waals surface area contributed by atoms with E-state index in [0.29, 0.717) is 5.92 Å². The third-order valence-electron chi connectivity index (χ3n) is 1.94. The summed E-state index contributed by atoms with van der Waals surface area (Å²) in [6.07, 6.45) is 2.78. The number of aliphatic hydroxyl groups excluding tert-OH is 1. The molecule has 0 amide bonds. The second-order valence-corrected chi connectivity index (χ2v) is 2.57. The number of hydrogen-bond acceptors (Lipinski definition) is 2. The van der Waals surface area contributed by atoms with Gasteiger partial charge in [-0.1, -0.05) is 6.92 Å². The molecular weight excluding hydrogens is 116 g/mol. The third kappa shape index (κ3) is 1.66.